The van der Waals surface area contributed by atoms with Crippen molar-refractivity contribution in [1.82, 2.24) is 0 Å². The highest BCUT2D eigenvalue weighted by molar-refractivity contribution is 6.13. The highest BCUT2D eigenvalue weighted by Crippen LogP contribution is 2.32. The molecule has 1 aliphatic heterocycles. The van der Waals surface area contributed by atoms with Crippen LogP contribution in [0.5, 0.6) is 0 Å². The zero-order chi connectivity index (χ0) is 24.0. The summed E-state index contributed by atoms with van der Waals surface area (Å²) in [5.74, 6) is -2.12. The van der Waals surface area contributed by atoms with Crippen molar-refractivity contribution >= 4 is 11.7 Å². The first-order valence-electron chi connectivity index (χ1n) is 11.3. The van der Waals surface area contributed by atoms with Gasteiger partial charge in [-0.1, -0.05) is 91.0 Å². The molecular formula is C28H29NO5. The Labute approximate surface area is 199 Å². The lowest BCUT2D eigenvalue weighted by Gasteiger charge is -2.24. The zero-order valence-corrected chi connectivity index (χ0v) is 19.3. The third-order valence-electron chi connectivity index (χ3n) is 5.54. The lowest BCUT2D eigenvalue weighted by atomic mass is 10.0. The topological polar surface area (TPSA) is 77.4 Å². The molecule has 6 nitrogen and oxygen atoms in total. The van der Waals surface area contributed by atoms with Crippen molar-refractivity contribution in [1.29, 1.82) is 0 Å². The van der Waals surface area contributed by atoms with Gasteiger partial charge in [0.15, 0.2) is 11.9 Å². The molecule has 6 heteroatoms. The second-order valence-corrected chi connectivity index (χ2v) is 8.64. The number of aliphatic imine (C=N–C) groups is 1. The molecule has 1 fully saturated rings. The SMILES string of the molecule is CC1(C)O[C@@H]([C@@H](COCc2ccccc2)N=C(c2ccccc2)c2ccccc2)[C@@H](C(=O)O)O1. The molecule has 0 bridgehead atoms. The molecule has 3 aromatic carbocycles. The van der Waals surface area contributed by atoms with Crippen molar-refractivity contribution in [3.8, 4) is 0 Å². The normalized spacial score (nSPS) is 19.9. The minimum atomic E-state index is -1.16. The molecule has 1 heterocycles. The van der Waals surface area contributed by atoms with Crippen LogP contribution >= 0.6 is 0 Å². The third kappa shape index (κ3) is 5.97. The minimum Gasteiger partial charge on any atom is -0.479 e. The Balaban J connectivity index is 1.70. The zero-order valence-electron chi connectivity index (χ0n) is 19.3. The standard InChI is InChI=1S/C28H29NO5/c1-28(2)33-25(26(34-28)27(30)31)23(19-32-18-20-12-6-3-7-13-20)29-24(21-14-8-4-9-15-21)22-16-10-5-11-17-22/h3-17,23,25-26H,18-19H2,1-2H3,(H,30,31)/t23-,25+,26+/m1/s1. The van der Waals surface area contributed by atoms with Crippen LogP contribution in [0.3, 0.4) is 0 Å². The smallest absolute Gasteiger partial charge is 0.335 e. The van der Waals surface area contributed by atoms with Gasteiger partial charge in [0.05, 0.1) is 18.9 Å². The Morgan fingerprint density at radius 1 is 0.912 bits per heavy atom. The summed E-state index contributed by atoms with van der Waals surface area (Å²) >= 11 is 0. The fourth-order valence-electron chi connectivity index (χ4n) is 4.01. The molecule has 34 heavy (non-hydrogen) atoms. The summed E-state index contributed by atoms with van der Waals surface area (Å²) in [6.07, 6.45) is -1.97. The second-order valence-electron chi connectivity index (χ2n) is 8.64. The molecule has 1 aliphatic rings. The maximum Gasteiger partial charge on any atom is 0.335 e. The number of carboxylic acid groups (broad SMARTS) is 1. The maximum absolute atomic E-state index is 12.0. The number of hydrogen-bond donors (Lipinski definition) is 1. The molecule has 0 radical (unpaired) electrons. The molecular weight excluding hydrogens is 430 g/mol. The number of hydrogen-bond acceptors (Lipinski definition) is 5. The molecule has 0 saturated carbocycles. The Morgan fingerprint density at radius 2 is 1.44 bits per heavy atom. The summed E-state index contributed by atoms with van der Waals surface area (Å²) in [6.45, 7) is 3.98. The monoisotopic (exact) mass is 459 g/mol. The van der Waals surface area contributed by atoms with Crippen molar-refractivity contribution in [3.63, 3.8) is 0 Å². The summed E-state index contributed by atoms with van der Waals surface area (Å²) in [4.78, 5) is 17.1. The summed E-state index contributed by atoms with van der Waals surface area (Å²) in [5, 5.41) is 9.84. The largest absolute Gasteiger partial charge is 0.479 e. The molecule has 1 N–H and O–H groups in total. The maximum atomic E-state index is 12.0. The molecule has 0 amide bonds. The van der Waals surface area contributed by atoms with E-state index < -0.39 is 30.0 Å². The van der Waals surface area contributed by atoms with Crippen molar-refractivity contribution < 1.29 is 24.1 Å². The van der Waals surface area contributed by atoms with Crippen LogP contribution in [-0.4, -0.2) is 47.4 Å². The number of benzene rings is 3. The minimum absolute atomic E-state index is 0.173. The average Bonchev–Trinajstić information content (AvgIpc) is 3.18. The predicted molar refractivity (Wildman–Crippen MR) is 130 cm³/mol. The van der Waals surface area contributed by atoms with Crippen LogP contribution in [0, 0.1) is 0 Å². The van der Waals surface area contributed by atoms with Crippen LogP contribution < -0.4 is 0 Å². The lowest BCUT2D eigenvalue weighted by molar-refractivity contribution is -0.166. The highest BCUT2D eigenvalue weighted by atomic mass is 16.8. The number of rotatable bonds is 9. The van der Waals surface area contributed by atoms with Gasteiger partial charge in [-0.3, -0.25) is 4.99 Å². The molecule has 3 aromatic rings. The van der Waals surface area contributed by atoms with Crippen molar-refractivity contribution in [2.24, 2.45) is 4.99 Å². The molecule has 0 aromatic heterocycles. The van der Waals surface area contributed by atoms with Gasteiger partial charge in [-0.2, -0.15) is 0 Å². The van der Waals surface area contributed by atoms with Gasteiger partial charge in [0, 0.05) is 11.1 Å². The van der Waals surface area contributed by atoms with Gasteiger partial charge in [0.25, 0.3) is 0 Å². The first kappa shape index (κ1) is 23.8. The van der Waals surface area contributed by atoms with Crippen LogP contribution in [0.1, 0.15) is 30.5 Å². The fourth-order valence-corrected chi connectivity index (χ4v) is 4.01. The first-order valence-corrected chi connectivity index (χ1v) is 11.3. The second kappa shape index (κ2) is 10.7. The molecule has 3 atom stereocenters. The summed E-state index contributed by atoms with van der Waals surface area (Å²) in [6, 6.07) is 28.8. The van der Waals surface area contributed by atoms with Crippen molar-refractivity contribution in [2.45, 2.75) is 44.5 Å². The molecule has 4 rings (SSSR count). The van der Waals surface area contributed by atoms with Gasteiger partial charge < -0.3 is 19.3 Å². The van der Waals surface area contributed by atoms with Gasteiger partial charge in [-0.05, 0) is 19.4 Å². The molecule has 0 spiro atoms. The first-order chi connectivity index (χ1) is 16.4. The van der Waals surface area contributed by atoms with Gasteiger partial charge in [-0.25, -0.2) is 4.79 Å². The van der Waals surface area contributed by atoms with Gasteiger partial charge >= 0.3 is 5.97 Å². The van der Waals surface area contributed by atoms with Crippen LogP contribution in [0.15, 0.2) is 96.0 Å². The van der Waals surface area contributed by atoms with E-state index >= 15 is 0 Å². The van der Waals surface area contributed by atoms with E-state index in [-0.39, 0.29) is 6.61 Å². The third-order valence-corrected chi connectivity index (χ3v) is 5.54. The molecule has 0 unspecified atom stereocenters. The van der Waals surface area contributed by atoms with Crippen molar-refractivity contribution in [3.05, 3.63) is 108 Å². The van der Waals surface area contributed by atoms with E-state index in [2.05, 4.69) is 0 Å². The number of aliphatic carboxylic acids is 1. The number of nitrogens with zero attached hydrogens (tertiary/aromatic N) is 1. The number of carbonyl (C=O) groups is 1. The van der Waals surface area contributed by atoms with Gasteiger partial charge in [0.1, 0.15) is 12.1 Å². The van der Waals surface area contributed by atoms with E-state index in [1.54, 1.807) is 13.8 Å². The van der Waals surface area contributed by atoms with Gasteiger partial charge in [0.2, 0.25) is 0 Å². The lowest BCUT2D eigenvalue weighted by Crippen LogP contribution is -2.42. The van der Waals surface area contributed by atoms with Gasteiger partial charge in [-0.15, -0.1) is 0 Å². The molecule has 176 valence electrons. The summed E-state index contributed by atoms with van der Waals surface area (Å²) < 4.78 is 17.8. The van der Waals surface area contributed by atoms with E-state index in [1.165, 1.54) is 0 Å². The molecule has 1 saturated heterocycles. The van der Waals surface area contributed by atoms with E-state index in [0.29, 0.717) is 6.61 Å². The van der Waals surface area contributed by atoms with E-state index in [9.17, 15) is 9.90 Å². The summed E-state index contributed by atoms with van der Waals surface area (Å²) in [5.41, 5.74) is 3.61. The van der Waals surface area contributed by atoms with Crippen LogP contribution in [0.4, 0.5) is 0 Å². The van der Waals surface area contributed by atoms with Crippen LogP contribution in [0.2, 0.25) is 0 Å². The Bertz CT molecular complexity index is 1060. The Morgan fingerprint density at radius 3 is 1.97 bits per heavy atom. The van der Waals surface area contributed by atoms with Crippen molar-refractivity contribution in [2.75, 3.05) is 6.61 Å². The highest BCUT2D eigenvalue weighted by Gasteiger charge is 2.49. The molecule has 0 aliphatic carbocycles. The number of ether oxygens (including phenoxy) is 3. The Kier molecular flexibility index (Phi) is 7.53. The van der Waals surface area contributed by atoms with E-state index in [0.717, 1.165) is 22.4 Å². The van der Waals surface area contributed by atoms with E-state index in [1.807, 2.05) is 91.0 Å². The predicted octanol–water partition coefficient (Wildman–Crippen LogP) is 4.71. The fraction of sp³-hybridized carbons (Fsp3) is 0.286. The number of carboxylic acids is 1. The van der Waals surface area contributed by atoms with Crippen LogP contribution in [0.25, 0.3) is 0 Å². The van der Waals surface area contributed by atoms with E-state index in [4.69, 9.17) is 19.2 Å². The Hall–Kier alpha value is -3.32. The average molecular weight is 460 g/mol. The van der Waals surface area contributed by atoms with Crippen LogP contribution in [-0.2, 0) is 25.6 Å². The summed E-state index contributed by atoms with van der Waals surface area (Å²) in [7, 11) is 0. The quantitative estimate of drug-likeness (QED) is 0.469.